The third kappa shape index (κ3) is 4.27. The van der Waals surface area contributed by atoms with Gasteiger partial charge >= 0.3 is 0 Å². The zero-order valence-electron chi connectivity index (χ0n) is 11.0. The summed E-state index contributed by atoms with van der Waals surface area (Å²) in [7, 11) is 0. The standard InChI is InChI=1S/C14H22N2O2/c1-2-15-9-13-3-4-14(10-16-13)18-11-12-5-7-17-8-6-12/h3-4,10,12,15H,2,5-9,11H2,1H3. The highest BCUT2D eigenvalue weighted by Gasteiger charge is 2.14. The van der Waals surface area contributed by atoms with Crippen LogP contribution in [-0.2, 0) is 11.3 Å². The Bertz CT molecular complexity index is 334. The molecule has 1 aromatic heterocycles. The predicted molar refractivity (Wildman–Crippen MR) is 70.7 cm³/mol. The minimum atomic E-state index is 0.625. The van der Waals surface area contributed by atoms with E-state index >= 15 is 0 Å². The Morgan fingerprint density at radius 2 is 2.22 bits per heavy atom. The number of hydrogen-bond acceptors (Lipinski definition) is 4. The molecule has 2 heterocycles. The number of pyridine rings is 1. The Balaban J connectivity index is 1.75. The molecule has 0 atom stereocenters. The molecule has 0 aromatic carbocycles. The van der Waals surface area contributed by atoms with E-state index in [9.17, 15) is 0 Å². The molecule has 0 bridgehead atoms. The SMILES string of the molecule is CCNCc1ccc(OCC2CCOCC2)cn1. The molecule has 0 saturated carbocycles. The van der Waals surface area contributed by atoms with E-state index in [1.165, 1.54) is 0 Å². The van der Waals surface area contributed by atoms with Crippen molar-refractivity contribution in [1.82, 2.24) is 10.3 Å². The molecule has 4 heteroatoms. The summed E-state index contributed by atoms with van der Waals surface area (Å²) in [6.07, 6.45) is 4.02. The van der Waals surface area contributed by atoms with Crippen molar-refractivity contribution in [2.75, 3.05) is 26.4 Å². The molecule has 0 radical (unpaired) electrons. The minimum absolute atomic E-state index is 0.625. The molecule has 0 amide bonds. The molecule has 0 unspecified atom stereocenters. The van der Waals surface area contributed by atoms with Gasteiger partial charge in [0.25, 0.3) is 0 Å². The topological polar surface area (TPSA) is 43.4 Å². The van der Waals surface area contributed by atoms with E-state index in [0.29, 0.717) is 5.92 Å². The van der Waals surface area contributed by atoms with E-state index in [2.05, 4.69) is 17.2 Å². The van der Waals surface area contributed by atoms with Gasteiger partial charge in [-0.1, -0.05) is 6.92 Å². The summed E-state index contributed by atoms with van der Waals surface area (Å²) in [6, 6.07) is 4.01. The van der Waals surface area contributed by atoms with Crippen molar-refractivity contribution < 1.29 is 9.47 Å². The minimum Gasteiger partial charge on any atom is -0.492 e. The van der Waals surface area contributed by atoms with Crippen LogP contribution in [0.3, 0.4) is 0 Å². The van der Waals surface area contributed by atoms with E-state index in [1.807, 2.05) is 18.3 Å². The van der Waals surface area contributed by atoms with Crippen LogP contribution in [0.2, 0.25) is 0 Å². The molecule has 1 aliphatic rings. The van der Waals surface area contributed by atoms with Crippen LogP contribution in [-0.4, -0.2) is 31.3 Å². The van der Waals surface area contributed by atoms with Crippen LogP contribution in [0.5, 0.6) is 5.75 Å². The first kappa shape index (κ1) is 13.3. The highest BCUT2D eigenvalue weighted by molar-refractivity contribution is 5.19. The second-order valence-corrected chi connectivity index (χ2v) is 4.63. The lowest BCUT2D eigenvalue weighted by Crippen LogP contribution is -2.21. The lowest BCUT2D eigenvalue weighted by Gasteiger charge is -2.21. The molecule has 100 valence electrons. The van der Waals surface area contributed by atoms with Crippen molar-refractivity contribution in [1.29, 1.82) is 0 Å². The maximum Gasteiger partial charge on any atom is 0.137 e. The van der Waals surface area contributed by atoms with Gasteiger partial charge in [-0.25, -0.2) is 0 Å². The predicted octanol–water partition coefficient (Wildman–Crippen LogP) is 2.00. The Labute approximate surface area is 109 Å². The average molecular weight is 250 g/mol. The summed E-state index contributed by atoms with van der Waals surface area (Å²) in [6.45, 7) is 6.38. The maximum atomic E-state index is 5.77. The van der Waals surface area contributed by atoms with Gasteiger partial charge in [-0.3, -0.25) is 4.98 Å². The zero-order valence-corrected chi connectivity index (χ0v) is 11.0. The number of nitrogens with one attached hydrogen (secondary N) is 1. The lowest BCUT2D eigenvalue weighted by molar-refractivity contribution is 0.0497. The fourth-order valence-corrected chi connectivity index (χ4v) is 1.98. The normalized spacial score (nSPS) is 16.7. The summed E-state index contributed by atoms with van der Waals surface area (Å²) in [5.41, 5.74) is 1.05. The Morgan fingerprint density at radius 3 is 2.89 bits per heavy atom. The van der Waals surface area contributed by atoms with Gasteiger partial charge in [0, 0.05) is 19.8 Å². The lowest BCUT2D eigenvalue weighted by atomic mass is 10.0. The van der Waals surface area contributed by atoms with Crippen molar-refractivity contribution in [3.05, 3.63) is 24.0 Å². The van der Waals surface area contributed by atoms with Crippen LogP contribution in [0, 0.1) is 5.92 Å². The molecule has 0 spiro atoms. The fraction of sp³-hybridized carbons (Fsp3) is 0.643. The molecule has 1 saturated heterocycles. The van der Waals surface area contributed by atoms with Gasteiger partial charge in [0.05, 0.1) is 18.5 Å². The van der Waals surface area contributed by atoms with Crippen LogP contribution in [0.15, 0.2) is 18.3 Å². The van der Waals surface area contributed by atoms with E-state index in [0.717, 1.165) is 57.2 Å². The van der Waals surface area contributed by atoms with Gasteiger partial charge in [-0.05, 0) is 37.4 Å². The monoisotopic (exact) mass is 250 g/mol. The number of hydrogen-bond donors (Lipinski definition) is 1. The number of rotatable bonds is 6. The Kier molecular flexibility index (Phi) is 5.42. The van der Waals surface area contributed by atoms with Gasteiger partial charge < -0.3 is 14.8 Å². The second-order valence-electron chi connectivity index (χ2n) is 4.63. The average Bonchev–Trinajstić information content (AvgIpc) is 2.45. The highest BCUT2D eigenvalue weighted by atomic mass is 16.5. The van der Waals surface area contributed by atoms with Crippen LogP contribution >= 0.6 is 0 Å². The summed E-state index contributed by atoms with van der Waals surface area (Å²) in [5, 5.41) is 3.25. The van der Waals surface area contributed by atoms with Crippen molar-refractivity contribution in [3.63, 3.8) is 0 Å². The summed E-state index contributed by atoms with van der Waals surface area (Å²) < 4.78 is 11.1. The summed E-state index contributed by atoms with van der Waals surface area (Å²) in [4.78, 5) is 4.37. The molecule has 1 aliphatic heterocycles. The van der Waals surface area contributed by atoms with Gasteiger partial charge in [-0.15, -0.1) is 0 Å². The van der Waals surface area contributed by atoms with Crippen molar-refractivity contribution in [2.24, 2.45) is 5.92 Å². The molecule has 1 fully saturated rings. The molecule has 1 N–H and O–H groups in total. The molecule has 2 rings (SSSR count). The van der Waals surface area contributed by atoms with Gasteiger partial charge in [-0.2, -0.15) is 0 Å². The molecular formula is C14H22N2O2. The Hall–Kier alpha value is -1.13. The van der Waals surface area contributed by atoms with E-state index < -0.39 is 0 Å². The molecule has 1 aromatic rings. The van der Waals surface area contributed by atoms with Gasteiger partial charge in [0.2, 0.25) is 0 Å². The smallest absolute Gasteiger partial charge is 0.137 e. The molecule has 18 heavy (non-hydrogen) atoms. The van der Waals surface area contributed by atoms with Crippen LogP contribution in [0.4, 0.5) is 0 Å². The largest absolute Gasteiger partial charge is 0.492 e. The highest BCUT2D eigenvalue weighted by Crippen LogP contribution is 2.17. The second kappa shape index (κ2) is 7.34. The molecular weight excluding hydrogens is 228 g/mol. The van der Waals surface area contributed by atoms with Crippen LogP contribution in [0.1, 0.15) is 25.5 Å². The third-order valence-corrected chi connectivity index (χ3v) is 3.18. The van der Waals surface area contributed by atoms with Crippen molar-refractivity contribution in [2.45, 2.75) is 26.3 Å². The van der Waals surface area contributed by atoms with Gasteiger partial charge in [0.15, 0.2) is 0 Å². The van der Waals surface area contributed by atoms with E-state index in [4.69, 9.17) is 9.47 Å². The number of ether oxygens (including phenoxy) is 2. The molecule has 0 aliphatic carbocycles. The zero-order chi connectivity index (χ0) is 12.6. The Morgan fingerprint density at radius 1 is 1.39 bits per heavy atom. The third-order valence-electron chi connectivity index (χ3n) is 3.18. The summed E-state index contributed by atoms with van der Waals surface area (Å²) in [5.74, 6) is 1.49. The maximum absolute atomic E-state index is 5.77. The van der Waals surface area contributed by atoms with Crippen molar-refractivity contribution in [3.8, 4) is 5.75 Å². The van der Waals surface area contributed by atoms with Crippen LogP contribution in [0.25, 0.3) is 0 Å². The fourth-order valence-electron chi connectivity index (χ4n) is 1.98. The first-order valence-corrected chi connectivity index (χ1v) is 6.74. The first-order chi connectivity index (χ1) is 8.88. The van der Waals surface area contributed by atoms with Gasteiger partial charge in [0.1, 0.15) is 5.75 Å². The number of nitrogens with zero attached hydrogens (tertiary/aromatic N) is 1. The summed E-state index contributed by atoms with van der Waals surface area (Å²) >= 11 is 0. The first-order valence-electron chi connectivity index (χ1n) is 6.74. The van der Waals surface area contributed by atoms with Crippen molar-refractivity contribution >= 4 is 0 Å². The van der Waals surface area contributed by atoms with Crippen LogP contribution < -0.4 is 10.1 Å². The van der Waals surface area contributed by atoms with E-state index in [1.54, 1.807) is 0 Å². The van der Waals surface area contributed by atoms with E-state index in [-0.39, 0.29) is 0 Å². The quantitative estimate of drug-likeness (QED) is 0.838. The molecule has 4 nitrogen and oxygen atoms in total. The number of aromatic nitrogens is 1.